The van der Waals surface area contributed by atoms with Crippen molar-refractivity contribution in [2.45, 2.75) is 18.9 Å². The quantitative estimate of drug-likeness (QED) is 0.816. The Balaban J connectivity index is 2.11. The van der Waals surface area contributed by atoms with Gasteiger partial charge in [0.25, 0.3) is 0 Å². The Morgan fingerprint density at radius 1 is 1.48 bits per heavy atom. The molecule has 0 radical (unpaired) electrons. The number of aliphatic hydroxyl groups is 1. The van der Waals surface area contributed by atoms with Crippen LogP contribution in [-0.2, 0) is 14.8 Å². The van der Waals surface area contributed by atoms with Crippen molar-refractivity contribution in [2.75, 3.05) is 23.7 Å². The number of sulfonamides is 1. The Morgan fingerprint density at radius 2 is 2.29 bits per heavy atom. The van der Waals surface area contributed by atoms with Crippen molar-refractivity contribution in [3.63, 3.8) is 0 Å². The van der Waals surface area contributed by atoms with Crippen molar-refractivity contribution in [3.05, 3.63) is 29.6 Å². The third-order valence-electron chi connectivity index (χ3n) is 2.97. The first-order valence-electron chi connectivity index (χ1n) is 6.51. The number of anilines is 1. The van der Waals surface area contributed by atoms with Crippen LogP contribution in [0.2, 0.25) is 0 Å². The van der Waals surface area contributed by atoms with Gasteiger partial charge in [0.1, 0.15) is 12.4 Å². The number of ether oxygens (including phenoxy) is 1. The van der Waals surface area contributed by atoms with Gasteiger partial charge in [-0.25, -0.2) is 12.8 Å². The van der Waals surface area contributed by atoms with Crippen LogP contribution in [-0.4, -0.2) is 38.6 Å². The molecular formula is C14H16FNO4S. The maximum Gasteiger partial charge on any atom is 0.235 e. The van der Waals surface area contributed by atoms with Gasteiger partial charge in [0.2, 0.25) is 10.0 Å². The molecule has 1 aliphatic heterocycles. The van der Waals surface area contributed by atoms with Gasteiger partial charge in [-0.3, -0.25) is 4.72 Å². The van der Waals surface area contributed by atoms with E-state index in [1.165, 1.54) is 12.1 Å². The second kappa shape index (κ2) is 6.89. The predicted molar refractivity (Wildman–Crippen MR) is 76.7 cm³/mol. The Morgan fingerprint density at radius 3 is 2.95 bits per heavy atom. The smallest absolute Gasteiger partial charge is 0.235 e. The van der Waals surface area contributed by atoms with Crippen LogP contribution in [0.25, 0.3) is 0 Å². The summed E-state index contributed by atoms with van der Waals surface area (Å²) in [6.07, 6.45) is 1.28. The van der Waals surface area contributed by atoms with E-state index in [0.29, 0.717) is 6.61 Å². The molecule has 0 bridgehead atoms. The number of hydrogen-bond acceptors (Lipinski definition) is 4. The van der Waals surface area contributed by atoms with Gasteiger partial charge in [-0.1, -0.05) is 11.8 Å². The normalized spacial score (nSPS) is 18.1. The fourth-order valence-corrected chi connectivity index (χ4v) is 3.38. The summed E-state index contributed by atoms with van der Waals surface area (Å²) in [5.74, 6) is 4.06. The molecule has 0 amide bonds. The van der Waals surface area contributed by atoms with Crippen LogP contribution >= 0.6 is 0 Å². The maximum atomic E-state index is 13.5. The Hall–Kier alpha value is -1.62. The summed E-state index contributed by atoms with van der Waals surface area (Å²) in [5.41, 5.74) is 0.262. The van der Waals surface area contributed by atoms with Gasteiger partial charge < -0.3 is 9.84 Å². The van der Waals surface area contributed by atoms with Crippen LogP contribution < -0.4 is 4.72 Å². The van der Waals surface area contributed by atoms with E-state index in [1.807, 2.05) is 0 Å². The summed E-state index contributed by atoms with van der Waals surface area (Å²) in [7, 11) is -3.56. The molecule has 21 heavy (non-hydrogen) atoms. The maximum absolute atomic E-state index is 13.5. The molecule has 114 valence electrons. The minimum absolute atomic E-state index is 0.0290. The second-order valence-corrected chi connectivity index (χ2v) is 6.44. The summed E-state index contributed by atoms with van der Waals surface area (Å²) in [4.78, 5) is 0. The molecule has 5 nitrogen and oxygen atoms in total. The molecule has 1 heterocycles. The zero-order chi connectivity index (χ0) is 15.3. The second-order valence-electron chi connectivity index (χ2n) is 4.67. The number of rotatable bonds is 4. The first-order chi connectivity index (χ1) is 10.00. The van der Waals surface area contributed by atoms with Crippen molar-refractivity contribution in [1.82, 2.24) is 0 Å². The summed E-state index contributed by atoms with van der Waals surface area (Å²) in [6.45, 7) is 0.187. The van der Waals surface area contributed by atoms with E-state index in [9.17, 15) is 12.8 Å². The van der Waals surface area contributed by atoms with Crippen molar-refractivity contribution in [3.8, 4) is 11.8 Å². The lowest BCUT2D eigenvalue weighted by atomic mass is 10.2. The van der Waals surface area contributed by atoms with Gasteiger partial charge in [-0.15, -0.1) is 0 Å². The molecule has 7 heteroatoms. The fraction of sp³-hybridized carbons (Fsp3) is 0.429. The highest BCUT2D eigenvalue weighted by atomic mass is 32.2. The SMILES string of the molecule is O=S(=O)(CC1CCCO1)Nc1ccc(F)c(C#CCO)c1. The summed E-state index contributed by atoms with van der Waals surface area (Å²) < 4.78 is 45.2. The van der Waals surface area contributed by atoms with Gasteiger partial charge in [0, 0.05) is 12.3 Å². The molecule has 2 N–H and O–H groups in total. The van der Waals surface area contributed by atoms with E-state index in [4.69, 9.17) is 9.84 Å². The van der Waals surface area contributed by atoms with Crippen LogP contribution in [0, 0.1) is 17.7 Å². The van der Waals surface area contributed by atoms with E-state index >= 15 is 0 Å². The number of aliphatic hydroxyl groups excluding tert-OH is 1. The Kier molecular flexibility index (Phi) is 5.17. The molecule has 1 aromatic carbocycles. The van der Waals surface area contributed by atoms with E-state index in [-0.39, 0.29) is 23.1 Å². The average Bonchev–Trinajstić information content (AvgIpc) is 2.91. The molecule has 2 rings (SSSR count). The van der Waals surface area contributed by atoms with Gasteiger partial charge >= 0.3 is 0 Å². The third kappa shape index (κ3) is 4.70. The number of benzene rings is 1. The molecular weight excluding hydrogens is 297 g/mol. The highest BCUT2D eigenvalue weighted by Crippen LogP contribution is 2.18. The van der Waals surface area contributed by atoms with Crippen LogP contribution in [0.15, 0.2) is 18.2 Å². The van der Waals surface area contributed by atoms with Crippen LogP contribution in [0.1, 0.15) is 18.4 Å². The Labute approximate surface area is 123 Å². The molecule has 1 aromatic rings. The van der Waals surface area contributed by atoms with Crippen molar-refractivity contribution < 1.29 is 22.7 Å². The van der Waals surface area contributed by atoms with E-state index in [1.54, 1.807) is 0 Å². The van der Waals surface area contributed by atoms with E-state index in [0.717, 1.165) is 18.9 Å². The fourth-order valence-electron chi connectivity index (χ4n) is 2.06. The van der Waals surface area contributed by atoms with Crippen molar-refractivity contribution >= 4 is 15.7 Å². The molecule has 0 aromatic heterocycles. The van der Waals surface area contributed by atoms with Crippen molar-refractivity contribution in [1.29, 1.82) is 0 Å². The van der Waals surface area contributed by atoms with Crippen LogP contribution in [0.4, 0.5) is 10.1 Å². The van der Waals surface area contributed by atoms with Crippen molar-refractivity contribution in [2.24, 2.45) is 0 Å². The van der Waals surface area contributed by atoms with E-state index < -0.39 is 22.4 Å². The molecule has 0 saturated carbocycles. The first-order valence-corrected chi connectivity index (χ1v) is 8.17. The zero-order valence-corrected chi connectivity index (χ0v) is 12.1. The van der Waals surface area contributed by atoms with Crippen LogP contribution in [0.3, 0.4) is 0 Å². The van der Waals surface area contributed by atoms with Crippen LogP contribution in [0.5, 0.6) is 0 Å². The Bertz CT molecular complexity index is 657. The molecule has 1 aliphatic rings. The largest absolute Gasteiger partial charge is 0.384 e. The summed E-state index contributed by atoms with van der Waals surface area (Å²) in [6, 6.07) is 3.75. The summed E-state index contributed by atoms with van der Waals surface area (Å²) >= 11 is 0. The lowest BCUT2D eigenvalue weighted by molar-refractivity contribution is 0.127. The number of hydrogen-bond donors (Lipinski definition) is 2. The summed E-state index contributed by atoms with van der Waals surface area (Å²) in [5, 5.41) is 8.61. The minimum Gasteiger partial charge on any atom is -0.384 e. The molecule has 1 unspecified atom stereocenters. The highest BCUT2D eigenvalue weighted by molar-refractivity contribution is 7.92. The van der Waals surface area contributed by atoms with Gasteiger partial charge in [-0.05, 0) is 31.0 Å². The monoisotopic (exact) mass is 313 g/mol. The van der Waals surface area contributed by atoms with Gasteiger partial charge in [0.15, 0.2) is 0 Å². The minimum atomic E-state index is -3.56. The average molecular weight is 313 g/mol. The lowest BCUT2D eigenvalue weighted by Crippen LogP contribution is -2.25. The first kappa shape index (κ1) is 15.8. The molecule has 0 aliphatic carbocycles. The van der Waals surface area contributed by atoms with Gasteiger partial charge in [0.05, 0.1) is 17.4 Å². The highest BCUT2D eigenvalue weighted by Gasteiger charge is 2.23. The standard InChI is InChI=1S/C14H16FNO4S/c15-14-6-5-12(9-11(14)3-1-7-17)16-21(18,19)10-13-4-2-8-20-13/h5-6,9,13,16-17H,2,4,7-8,10H2. The molecule has 0 spiro atoms. The third-order valence-corrected chi connectivity index (χ3v) is 4.33. The topological polar surface area (TPSA) is 75.6 Å². The number of halogens is 1. The van der Waals surface area contributed by atoms with Gasteiger partial charge in [-0.2, -0.15) is 0 Å². The lowest BCUT2D eigenvalue weighted by Gasteiger charge is -2.12. The molecule has 1 atom stereocenters. The number of nitrogens with one attached hydrogen (secondary N) is 1. The zero-order valence-electron chi connectivity index (χ0n) is 11.3. The van der Waals surface area contributed by atoms with E-state index in [2.05, 4.69) is 16.6 Å². The predicted octanol–water partition coefficient (Wildman–Crippen LogP) is 1.09. The molecule has 1 saturated heterocycles. The molecule has 1 fully saturated rings.